The van der Waals surface area contributed by atoms with E-state index in [0.29, 0.717) is 11.8 Å². The standard InChI is InChI=1S/C13H17Cl2FS/c1-17-7-3-6-13(9-14,10-15)11-4-2-5-12(16)8-11/h2,4-5,8H,3,6-7,9-10H2,1H3. The summed E-state index contributed by atoms with van der Waals surface area (Å²) in [6.45, 7) is 0. The van der Waals surface area contributed by atoms with Gasteiger partial charge in [0.25, 0.3) is 0 Å². The highest BCUT2D eigenvalue weighted by Crippen LogP contribution is 2.33. The van der Waals surface area contributed by atoms with Crippen LogP contribution in [0.1, 0.15) is 18.4 Å². The Kier molecular flexibility index (Phi) is 6.68. The van der Waals surface area contributed by atoms with E-state index in [1.54, 1.807) is 23.9 Å². The minimum atomic E-state index is -0.305. The minimum absolute atomic E-state index is 0.230. The van der Waals surface area contributed by atoms with Crippen LogP contribution in [0, 0.1) is 5.82 Å². The van der Waals surface area contributed by atoms with Gasteiger partial charge in [-0.2, -0.15) is 11.8 Å². The highest BCUT2D eigenvalue weighted by molar-refractivity contribution is 7.98. The van der Waals surface area contributed by atoms with Crippen LogP contribution in [-0.4, -0.2) is 23.8 Å². The maximum atomic E-state index is 13.3. The fourth-order valence-electron chi connectivity index (χ4n) is 1.84. The molecule has 0 fully saturated rings. The molecule has 1 rings (SSSR count). The average Bonchev–Trinajstić information content (AvgIpc) is 2.35. The molecule has 0 heterocycles. The van der Waals surface area contributed by atoms with Crippen molar-refractivity contribution >= 4 is 35.0 Å². The van der Waals surface area contributed by atoms with Crippen molar-refractivity contribution in [3.05, 3.63) is 35.6 Å². The highest BCUT2D eigenvalue weighted by Gasteiger charge is 2.30. The van der Waals surface area contributed by atoms with Gasteiger partial charge in [0.15, 0.2) is 0 Å². The van der Waals surface area contributed by atoms with Crippen molar-refractivity contribution in [3.63, 3.8) is 0 Å². The van der Waals surface area contributed by atoms with Crippen molar-refractivity contribution < 1.29 is 4.39 Å². The van der Waals surface area contributed by atoms with Crippen LogP contribution in [0.4, 0.5) is 4.39 Å². The van der Waals surface area contributed by atoms with E-state index in [0.717, 1.165) is 24.2 Å². The Bertz CT molecular complexity index is 340. The Morgan fingerprint density at radius 3 is 2.53 bits per heavy atom. The summed E-state index contributed by atoms with van der Waals surface area (Å²) in [5, 5.41) is 0. The van der Waals surface area contributed by atoms with E-state index in [2.05, 4.69) is 6.26 Å². The van der Waals surface area contributed by atoms with Crippen molar-refractivity contribution in [2.75, 3.05) is 23.8 Å². The monoisotopic (exact) mass is 294 g/mol. The average molecular weight is 295 g/mol. The van der Waals surface area contributed by atoms with E-state index >= 15 is 0 Å². The number of hydrogen-bond donors (Lipinski definition) is 0. The number of rotatable bonds is 7. The van der Waals surface area contributed by atoms with E-state index in [1.165, 1.54) is 6.07 Å². The van der Waals surface area contributed by atoms with Crippen molar-refractivity contribution in [3.8, 4) is 0 Å². The predicted octanol–water partition coefficient (Wildman–Crippen LogP) is 4.68. The van der Waals surface area contributed by atoms with Crippen LogP contribution in [0.15, 0.2) is 24.3 Å². The SMILES string of the molecule is CSCCCC(CCl)(CCl)c1cccc(F)c1. The molecule has 0 atom stereocenters. The molecule has 0 amide bonds. The summed E-state index contributed by atoms with van der Waals surface area (Å²) in [7, 11) is 0. The Morgan fingerprint density at radius 2 is 2.00 bits per heavy atom. The molecule has 0 aliphatic rings. The first kappa shape index (κ1) is 15.1. The van der Waals surface area contributed by atoms with Gasteiger partial charge in [0.1, 0.15) is 5.82 Å². The summed E-state index contributed by atoms with van der Waals surface area (Å²) in [6.07, 6.45) is 4.01. The van der Waals surface area contributed by atoms with E-state index in [-0.39, 0.29) is 11.2 Å². The zero-order chi connectivity index (χ0) is 12.7. The topological polar surface area (TPSA) is 0 Å². The summed E-state index contributed by atoms with van der Waals surface area (Å²) in [6, 6.07) is 6.61. The lowest BCUT2D eigenvalue weighted by Crippen LogP contribution is -2.31. The smallest absolute Gasteiger partial charge is 0.123 e. The number of thioether (sulfide) groups is 1. The molecular formula is C13H17Cl2FS. The van der Waals surface area contributed by atoms with Crippen LogP contribution >= 0.6 is 35.0 Å². The molecule has 1 aromatic rings. The Morgan fingerprint density at radius 1 is 1.29 bits per heavy atom. The van der Waals surface area contributed by atoms with Crippen LogP contribution in [0.5, 0.6) is 0 Å². The molecule has 0 aliphatic heterocycles. The molecule has 0 aromatic heterocycles. The van der Waals surface area contributed by atoms with Crippen LogP contribution in [0.25, 0.3) is 0 Å². The summed E-state index contributed by atoms with van der Waals surface area (Å²) >= 11 is 14.0. The van der Waals surface area contributed by atoms with Gasteiger partial charge in [-0.25, -0.2) is 4.39 Å². The fraction of sp³-hybridized carbons (Fsp3) is 0.538. The van der Waals surface area contributed by atoms with Gasteiger partial charge in [-0.15, -0.1) is 23.2 Å². The molecule has 96 valence electrons. The Balaban J connectivity index is 2.89. The molecule has 0 saturated heterocycles. The van der Waals surface area contributed by atoms with Gasteiger partial charge in [-0.3, -0.25) is 0 Å². The van der Waals surface area contributed by atoms with Gasteiger partial charge in [0.2, 0.25) is 0 Å². The van der Waals surface area contributed by atoms with Gasteiger partial charge < -0.3 is 0 Å². The third kappa shape index (κ3) is 4.04. The lowest BCUT2D eigenvalue weighted by atomic mass is 9.80. The second kappa shape index (κ2) is 7.50. The molecule has 0 radical (unpaired) electrons. The quantitative estimate of drug-likeness (QED) is 0.519. The number of benzene rings is 1. The predicted molar refractivity (Wildman–Crippen MR) is 77.1 cm³/mol. The molecular weight excluding hydrogens is 278 g/mol. The van der Waals surface area contributed by atoms with Gasteiger partial charge in [0.05, 0.1) is 0 Å². The zero-order valence-corrected chi connectivity index (χ0v) is 12.2. The first-order chi connectivity index (χ1) is 8.18. The largest absolute Gasteiger partial charge is 0.207 e. The first-order valence-electron chi connectivity index (χ1n) is 5.55. The second-order valence-corrected chi connectivity index (χ2v) is 5.67. The molecule has 0 aliphatic carbocycles. The second-order valence-electron chi connectivity index (χ2n) is 4.15. The van der Waals surface area contributed by atoms with E-state index in [4.69, 9.17) is 23.2 Å². The maximum Gasteiger partial charge on any atom is 0.123 e. The number of halogens is 3. The Labute approximate surface area is 117 Å². The van der Waals surface area contributed by atoms with Crippen molar-refractivity contribution in [2.45, 2.75) is 18.3 Å². The zero-order valence-electron chi connectivity index (χ0n) is 9.89. The summed E-state index contributed by atoms with van der Waals surface area (Å²) in [5.41, 5.74) is 0.601. The number of hydrogen-bond acceptors (Lipinski definition) is 1. The van der Waals surface area contributed by atoms with Gasteiger partial charge in [-0.1, -0.05) is 12.1 Å². The molecule has 4 heteroatoms. The summed E-state index contributed by atoms with van der Waals surface area (Å²) in [4.78, 5) is 0. The minimum Gasteiger partial charge on any atom is -0.207 e. The third-order valence-electron chi connectivity index (χ3n) is 2.95. The molecule has 1 aromatic carbocycles. The van der Waals surface area contributed by atoms with Crippen LogP contribution in [-0.2, 0) is 5.41 Å². The van der Waals surface area contributed by atoms with Crippen molar-refractivity contribution in [1.29, 1.82) is 0 Å². The molecule has 0 unspecified atom stereocenters. The van der Waals surface area contributed by atoms with Gasteiger partial charge >= 0.3 is 0 Å². The lowest BCUT2D eigenvalue weighted by Gasteiger charge is -2.30. The third-order valence-corrected chi connectivity index (χ3v) is 4.67. The number of alkyl halides is 2. The van der Waals surface area contributed by atoms with E-state index < -0.39 is 0 Å². The van der Waals surface area contributed by atoms with Crippen molar-refractivity contribution in [1.82, 2.24) is 0 Å². The van der Waals surface area contributed by atoms with Gasteiger partial charge in [0, 0.05) is 17.2 Å². The van der Waals surface area contributed by atoms with Crippen LogP contribution in [0.2, 0.25) is 0 Å². The van der Waals surface area contributed by atoms with E-state index in [9.17, 15) is 4.39 Å². The fourth-order valence-corrected chi connectivity index (χ4v) is 3.14. The Hall–Kier alpha value is 0.0800. The van der Waals surface area contributed by atoms with Crippen LogP contribution in [0.3, 0.4) is 0 Å². The van der Waals surface area contributed by atoms with Gasteiger partial charge in [-0.05, 0) is 42.5 Å². The maximum absolute atomic E-state index is 13.3. The van der Waals surface area contributed by atoms with Crippen LogP contribution < -0.4 is 0 Å². The molecule has 0 nitrogen and oxygen atoms in total. The molecule has 0 N–H and O–H groups in total. The molecule has 0 saturated carbocycles. The summed E-state index contributed by atoms with van der Waals surface area (Å²) in [5.74, 6) is 1.69. The van der Waals surface area contributed by atoms with E-state index in [1.807, 2.05) is 6.07 Å². The summed E-state index contributed by atoms with van der Waals surface area (Å²) < 4.78 is 13.3. The molecule has 0 bridgehead atoms. The highest BCUT2D eigenvalue weighted by atomic mass is 35.5. The lowest BCUT2D eigenvalue weighted by molar-refractivity contribution is 0.483. The molecule has 17 heavy (non-hydrogen) atoms. The van der Waals surface area contributed by atoms with Crippen molar-refractivity contribution in [2.24, 2.45) is 0 Å². The first-order valence-corrected chi connectivity index (χ1v) is 8.02. The molecule has 0 spiro atoms. The normalized spacial score (nSPS) is 11.8.